The summed E-state index contributed by atoms with van der Waals surface area (Å²) in [6.07, 6.45) is 3.92. The Hall–Kier alpha value is -3.67. The largest absolute Gasteiger partial charge is 0.483 e. The summed E-state index contributed by atoms with van der Waals surface area (Å²) in [5.41, 5.74) is 2.89. The molecule has 0 radical (unpaired) electrons. The second-order valence-electron chi connectivity index (χ2n) is 7.82. The third kappa shape index (κ3) is 4.01. The van der Waals surface area contributed by atoms with Crippen molar-refractivity contribution in [1.29, 1.82) is 0 Å². The van der Waals surface area contributed by atoms with Gasteiger partial charge >= 0.3 is 0 Å². The molecule has 0 bridgehead atoms. The van der Waals surface area contributed by atoms with Crippen molar-refractivity contribution in [2.75, 3.05) is 19.7 Å². The second-order valence-corrected chi connectivity index (χ2v) is 7.82. The van der Waals surface area contributed by atoms with Crippen LogP contribution in [0, 0.1) is 0 Å². The van der Waals surface area contributed by atoms with Gasteiger partial charge in [0.15, 0.2) is 12.3 Å². The normalized spacial score (nSPS) is 16.4. The number of aromatic nitrogens is 3. The van der Waals surface area contributed by atoms with Gasteiger partial charge < -0.3 is 9.64 Å². The molecule has 1 unspecified atom stereocenters. The van der Waals surface area contributed by atoms with Crippen molar-refractivity contribution in [3.63, 3.8) is 0 Å². The number of hydrogen-bond donors (Lipinski definition) is 0. The van der Waals surface area contributed by atoms with Crippen molar-refractivity contribution in [3.8, 4) is 16.9 Å². The predicted molar refractivity (Wildman–Crippen MR) is 119 cm³/mol. The van der Waals surface area contributed by atoms with Crippen LogP contribution >= 0.6 is 0 Å². The van der Waals surface area contributed by atoms with Crippen LogP contribution in [0.5, 0.6) is 5.75 Å². The maximum atomic E-state index is 13.0. The van der Waals surface area contributed by atoms with Gasteiger partial charge in [0.25, 0.3) is 5.91 Å². The zero-order valence-electron chi connectivity index (χ0n) is 17.2. The Morgan fingerprint density at radius 2 is 1.77 bits per heavy atom. The highest BCUT2D eigenvalue weighted by Gasteiger charge is 2.28. The molecule has 2 aromatic heterocycles. The van der Waals surface area contributed by atoms with E-state index in [2.05, 4.69) is 10.2 Å². The highest BCUT2D eigenvalue weighted by molar-refractivity contribution is 5.78. The molecule has 6 heteroatoms. The van der Waals surface area contributed by atoms with Crippen LogP contribution in [0.25, 0.3) is 16.8 Å². The van der Waals surface area contributed by atoms with Crippen molar-refractivity contribution >= 4 is 11.6 Å². The number of fused-ring (bicyclic) bond motifs is 1. The van der Waals surface area contributed by atoms with E-state index in [1.807, 2.05) is 88.3 Å². The number of carbonyl (C=O) groups is 1. The molecular weight excluding hydrogens is 388 g/mol. The van der Waals surface area contributed by atoms with Gasteiger partial charge in [0, 0.05) is 30.8 Å². The number of carbonyl (C=O) groups excluding carboxylic acids is 1. The fraction of sp³-hybridized carbons (Fsp3) is 0.240. The zero-order chi connectivity index (χ0) is 21.0. The first kappa shape index (κ1) is 19.3. The first-order valence-electron chi connectivity index (χ1n) is 10.6. The standard InChI is InChI=1S/C25H24N4O2/c30-24(18-31-22-13-5-4-12-21(22)19-9-2-1-3-10-19)28-15-8-11-20(17-28)25-27-26-23-14-6-7-16-29(23)25/h1-7,9-10,12-14,16,20H,8,11,15,17-18H2. The molecule has 1 saturated heterocycles. The lowest BCUT2D eigenvalue weighted by Gasteiger charge is -2.32. The van der Waals surface area contributed by atoms with E-state index in [4.69, 9.17) is 4.74 Å². The van der Waals surface area contributed by atoms with Crippen molar-refractivity contribution in [1.82, 2.24) is 19.5 Å². The van der Waals surface area contributed by atoms with E-state index >= 15 is 0 Å². The van der Waals surface area contributed by atoms with Crippen LogP contribution < -0.4 is 4.74 Å². The molecule has 1 atom stereocenters. The van der Waals surface area contributed by atoms with E-state index < -0.39 is 0 Å². The molecule has 1 fully saturated rings. The molecule has 31 heavy (non-hydrogen) atoms. The van der Waals surface area contributed by atoms with Crippen molar-refractivity contribution in [3.05, 3.63) is 84.8 Å². The highest BCUT2D eigenvalue weighted by atomic mass is 16.5. The van der Waals surface area contributed by atoms with Crippen molar-refractivity contribution < 1.29 is 9.53 Å². The van der Waals surface area contributed by atoms with Crippen LogP contribution in [0.3, 0.4) is 0 Å². The van der Waals surface area contributed by atoms with Gasteiger partial charge in [0.1, 0.15) is 11.6 Å². The topological polar surface area (TPSA) is 59.7 Å². The van der Waals surface area contributed by atoms with Gasteiger partial charge in [0.05, 0.1) is 0 Å². The maximum absolute atomic E-state index is 13.0. The summed E-state index contributed by atoms with van der Waals surface area (Å²) in [5.74, 6) is 1.82. The fourth-order valence-electron chi connectivity index (χ4n) is 4.23. The summed E-state index contributed by atoms with van der Waals surface area (Å²) in [4.78, 5) is 14.8. The number of rotatable bonds is 5. The highest BCUT2D eigenvalue weighted by Crippen LogP contribution is 2.30. The van der Waals surface area contributed by atoms with Gasteiger partial charge in [-0.1, -0.05) is 54.6 Å². The molecule has 0 aliphatic carbocycles. The van der Waals surface area contributed by atoms with Crippen LogP contribution in [-0.4, -0.2) is 45.1 Å². The number of benzene rings is 2. The average molecular weight is 412 g/mol. The van der Waals surface area contributed by atoms with Crippen LogP contribution in [0.15, 0.2) is 79.0 Å². The third-order valence-corrected chi connectivity index (χ3v) is 5.80. The van der Waals surface area contributed by atoms with Gasteiger partial charge in [-0.2, -0.15) is 0 Å². The van der Waals surface area contributed by atoms with Crippen LogP contribution in [0.2, 0.25) is 0 Å². The van der Waals surface area contributed by atoms with Gasteiger partial charge in [-0.3, -0.25) is 9.20 Å². The number of hydrogen-bond acceptors (Lipinski definition) is 4. The van der Waals surface area contributed by atoms with E-state index in [0.29, 0.717) is 6.54 Å². The Morgan fingerprint density at radius 1 is 0.968 bits per heavy atom. The number of para-hydroxylation sites is 1. The molecule has 0 spiro atoms. The summed E-state index contributed by atoms with van der Waals surface area (Å²) in [7, 11) is 0. The van der Waals surface area contributed by atoms with Gasteiger partial charge in [0.2, 0.25) is 0 Å². The number of pyridine rings is 1. The Morgan fingerprint density at radius 3 is 2.68 bits per heavy atom. The van der Waals surface area contributed by atoms with E-state index in [1.54, 1.807) is 0 Å². The molecule has 2 aromatic carbocycles. The first-order valence-corrected chi connectivity index (χ1v) is 10.6. The summed E-state index contributed by atoms with van der Waals surface area (Å²) in [6, 6.07) is 23.8. The summed E-state index contributed by atoms with van der Waals surface area (Å²) in [6.45, 7) is 1.41. The predicted octanol–water partition coefficient (Wildman–Crippen LogP) is 4.18. The molecule has 1 aliphatic rings. The Labute approximate surface area is 181 Å². The minimum absolute atomic E-state index is 0.00128. The smallest absolute Gasteiger partial charge is 0.260 e. The minimum Gasteiger partial charge on any atom is -0.483 e. The number of likely N-dealkylation sites (tertiary alicyclic amines) is 1. The Kier molecular flexibility index (Phi) is 5.35. The lowest BCUT2D eigenvalue weighted by Crippen LogP contribution is -2.42. The monoisotopic (exact) mass is 412 g/mol. The molecule has 156 valence electrons. The number of nitrogens with zero attached hydrogens (tertiary/aromatic N) is 4. The third-order valence-electron chi connectivity index (χ3n) is 5.80. The fourth-order valence-corrected chi connectivity index (χ4v) is 4.23. The van der Waals surface area contributed by atoms with Crippen LogP contribution in [0.1, 0.15) is 24.6 Å². The number of piperidine rings is 1. The Balaban J connectivity index is 1.27. The zero-order valence-corrected chi connectivity index (χ0v) is 17.2. The van der Waals surface area contributed by atoms with Gasteiger partial charge in [-0.15, -0.1) is 10.2 Å². The van der Waals surface area contributed by atoms with Crippen molar-refractivity contribution in [2.45, 2.75) is 18.8 Å². The van der Waals surface area contributed by atoms with Crippen molar-refractivity contribution in [2.24, 2.45) is 0 Å². The molecule has 5 rings (SSSR count). The summed E-state index contributed by atoms with van der Waals surface area (Å²) >= 11 is 0. The van der Waals surface area contributed by atoms with E-state index in [9.17, 15) is 4.79 Å². The maximum Gasteiger partial charge on any atom is 0.260 e. The summed E-state index contributed by atoms with van der Waals surface area (Å²) in [5, 5.41) is 8.66. The molecule has 0 saturated carbocycles. The van der Waals surface area contributed by atoms with Gasteiger partial charge in [-0.25, -0.2) is 0 Å². The van der Waals surface area contributed by atoms with Crippen LogP contribution in [0.4, 0.5) is 0 Å². The SMILES string of the molecule is O=C(COc1ccccc1-c1ccccc1)N1CCCC(c2nnc3ccccn23)C1. The number of amides is 1. The first-order chi connectivity index (χ1) is 15.3. The molecule has 3 heterocycles. The summed E-state index contributed by atoms with van der Waals surface area (Å²) < 4.78 is 8.00. The molecule has 1 amide bonds. The lowest BCUT2D eigenvalue weighted by molar-refractivity contribution is -0.134. The number of ether oxygens (including phenoxy) is 1. The average Bonchev–Trinajstić information content (AvgIpc) is 3.28. The van der Waals surface area contributed by atoms with Gasteiger partial charge in [-0.05, 0) is 36.6 Å². The van der Waals surface area contributed by atoms with E-state index in [-0.39, 0.29) is 18.4 Å². The second kappa shape index (κ2) is 8.60. The molecule has 4 aromatic rings. The molecular formula is C25H24N4O2. The van der Waals surface area contributed by atoms with E-state index in [0.717, 1.165) is 47.7 Å². The minimum atomic E-state index is 0.00128. The Bertz CT molecular complexity index is 1190. The molecule has 1 aliphatic heterocycles. The molecule has 6 nitrogen and oxygen atoms in total. The van der Waals surface area contributed by atoms with E-state index in [1.165, 1.54) is 0 Å². The van der Waals surface area contributed by atoms with Crippen LogP contribution in [-0.2, 0) is 4.79 Å². The molecule has 0 N–H and O–H groups in total. The quantitative estimate of drug-likeness (QED) is 0.493. The lowest BCUT2D eigenvalue weighted by atomic mass is 9.97.